The van der Waals surface area contributed by atoms with Crippen LogP contribution in [-0.2, 0) is 0 Å². The van der Waals surface area contributed by atoms with Crippen molar-refractivity contribution in [1.29, 1.82) is 0 Å². The molecule has 0 radical (unpaired) electrons. The van der Waals surface area contributed by atoms with E-state index >= 15 is 0 Å². The molecular formula is C6H16ClNO. The van der Waals surface area contributed by atoms with Gasteiger partial charge in [0, 0.05) is 0 Å². The number of rotatable bonds is 1. The molecule has 0 fully saturated rings. The summed E-state index contributed by atoms with van der Waals surface area (Å²) < 4.78 is 0.913. The molecule has 0 aromatic heterocycles. The van der Waals surface area contributed by atoms with Crippen LogP contribution in [0.2, 0.25) is 0 Å². The van der Waals surface area contributed by atoms with Gasteiger partial charge in [-0.25, -0.2) is 0 Å². The summed E-state index contributed by atoms with van der Waals surface area (Å²) in [5, 5.41) is 0. The van der Waals surface area contributed by atoms with Gasteiger partial charge in [-0.05, 0) is 13.0 Å². The van der Waals surface area contributed by atoms with Crippen molar-refractivity contribution < 1.29 is 22.4 Å². The Kier molecular flexibility index (Phi) is 10.8. The van der Waals surface area contributed by atoms with E-state index in [1.165, 1.54) is 0 Å². The fourth-order valence-corrected chi connectivity index (χ4v) is 0.447. The van der Waals surface area contributed by atoms with E-state index in [1.54, 1.807) is 0 Å². The molecule has 58 valence electrons. The number of hydrogen-bond acceptors (Lipinski definition) is 0. The first-order chi connectivity index (χ1) is 3.06. The minimum atomic E-state index is 0. The van der Waals surface area contributed by atoms with E-state index in [2.05, 4.69) is 33.4 Å². The zero-order valence-electron chi connectivity index (χ0n) is 6.48. The van der Waals surface area contributed by atoms with E-state index in [0.29, 0.717) is 0 Å². The smallest absolute Gasteiger partial charge is 0.0908 e. The molecule has 0 aromatic rings. The molecule has 0 atom stereocenters. The van der Waals surface area contributed by atoms with Crippen LogP contribution in [0.25, 0.3) is 0 Å². The average molecular weight is 154 g/mol. The van der Waals surface area contributed by atoms with E-state index in [-0.39, 0.29) is 17.9 Å². The van der Waals surface area contributed by atoms with Gasteiger partial charge in [-0.1, -0.05) is 0 Å². The van der Waals surface area contributed by atoms with Crippen LogP contribution in [0.1, 0.15) is 6.92 Å². The Labute approximate surface area is 63.5 Å². The fraction of sp³-hybridized carbons (Fsp3) is 0.667. The van der Waals surface area contributed by atoms with Gasteiger partial charge in [0.05, 0.1) is 27.3 Å². The summed E-state index contributed by atoms with van der Waals surface area (Å²) in [6, 6.07) is 0. The predicted octanol–water partition coefficient (Wildman–Crippen LogP) is -2.59. The van der Waals surface area contributed by atoms with Crippen molar-refractivity contribution in [3.8, 4) is 0 Å². The number of allylic oxidation sites excluding steroid dienone is 1. The van der Waals surface area contributed by atoms with Crippen LogP contribution in [0.5, 0.6) is 0 Å². The summed E-state index contributed by atoms with van der Waals surface area (Å²) in [4.78, 5) is 0. The monoisotopic (exact) mass is 153 g/mol. The summed E-state index contributed by atoms with van der Waals surface area (Å²) >= 11 is 0. The van der Waals surface area contributed by atoms with Crippen molar-refractivity contribution >= 4 is 0 Å². The topological polar surface area (TPSA) is 31.5 Å². The van der Waals surface area contributed by atoms with Crippen LogP contribution in [0.3, 0.4) is 0 Å². The number of nitrogens with zero attached hydrogens (tertiary/aromatic N) is 1. The summed E-state index contributed by atoms with van der Waals surface area (Å²) in [7, 11) is 6.38. The predicted molar refractivity (Wildman–Crippen MR) is 36.5 cm³/mol. The molecule has 3 heteroatoms. The Morgan fingerprint density at radius 2 is 1.44 bits per heavy atom. The highest BCUT2D eigenvalue weighted by Crippen LogP contribution is 1.88. The molecule has 0 rings (SSSR count). The van der Waals surface area contributed by atoms with Crippen LogP contribution < -0.4 is 12.4 Å². The molecule has 0 aliphatic carbocycles. The van der Waals surface area contributed by atoms with Crippen LogP contribution in [0.15, 0.2) is 12.3 Å². The van der Waals surface area contributed by atoms with Gasteiger partial charge >= 0.3 is 0 Å². The highest BCUT2D eigenvalue weighted by Gasteiger charge is 1.95. The Morgan fingerprint density at radius 3 is 1.44 bits per heavy atom. The SMILES string of the molecule is CC=C[N+](C)(C)C.O.[Cl-]. The Hall–Kier alpha value is -0.0500. The molecule has 0 aliphatic rings. The molecule has 0 amide bonds. The quantitative estimate of drug-likeness (QED) is 0.371. The molecular weight excluding hydrogens is 138 g/mol. The average Bonchev–Trinajstić information content (AvgIpc) is 1.30. The standard InChI is InChI=1S/C6H14N.ClH.H2O/c1-5-6-7(2,3)4;;/h5-6H,1-4H3;1H;1H2/q+1;;/p-1. The first-order valence-electron chi connectivity index (χ1n) is 2.51. The van der Waals surface area contributed by atoms with Crippen molar-refractivity contribution in [1.82, 2.24) is 0 Å². The van der Waals surface area contributed by atoms with Gasteiger partial charge in [-0.3, -0.25) is 0 Å². The van der Waals surface area contributed by atoms with Gasteiger partial charge in [-0.2, -0.15) is 0 Å². The van der Waals surface area contributed by atoms with Crippen molar-refractivity contribution in [3.05, 3.63) is 12.3 Å². The van der Waals surface area contributed by atoms with Gasteiger partial charge in [0.2, 0.25) is 0 Å². The lowest BCUT2D eigenvalue weighted by molar-refractivity contribution is -0.817. The Bertz CT molecular complexity index is 75.6. The summed E-state index contributed by atoms with van der Waals surface area (Å²) in [6.07, 6.45) is 4.18. The maximum Gasteiger partial charge on any atom is 0.0908 e. The lowest BCUT2D eigenvalue weighted by atomic mass is 10.6. The molecule has 0 heterocycles. The lowest BCUT2D eigenvalue weighted by Crippen LogP contribution is -3.00. The van der Waals surface area contributed by atoms with Crippen LogP contribution in [0.4, 0.5) is 0 Å². The van der Waals surface area contributed by atoms with Crippen LogP contribution in [-0.4, -0.2) is 31.1 Å². The van der Waals surface area contributed by atoms with Gasteiger partial charge in [-0.15, -0.1) is 0 Å². The molecule has 2 nitrogen and oxygen atoms in total. The third kappa shape index (κ3) is 18.0. The van der Waals surface area contributed by atoms with E-state index in [4.69, 9.17) is 0 Å². The highest BCUT2D eigenvalue weighted by atomic mass is 35.5. The minimum absolute atomic E-state index is 0. The normalized spacial score (nSPS) is 10.2. The van der Waals surface area contributed by atoms with Crippen molar-refractivity contribution in [2.75, 3.05) is 21.1 Å². The number of halogens is 1. The van der Waals surface area contributed by atoms with Gasteiger partial charge in [0.25, 0.3) is 0 Å². The highest BCUT2D eigenvalue weighted by molar-refractivity contribution is 4.64. The zero-order chi connectivity index (χ0) is 5.91. The fourth-order valence-electron chi connectivity index (χ4n) is 0.447. The third-order valence-electron chi connectivity index (χ3n) is 0.596. The maximum atomic E-state index is 2.12. The lowest BCUT2D eigenvalue weighted by Gasteiger charge is -2.16. The van der Waals surface area contributed by atoms with E-state index in [0.717, 1.165) is 4.48 Å². The zero-order valence-corrected chi connectivity index (χ0v) is 7.24. The van der Waals surface area contributed by atoms with Crippen molar-refractivity contribution in [2.45, 2.75) is 6.92 Å². The van der Waals surface area contributed by atoms with E-state index in [1.807, 2.05) is 6.92 Å². The number of hydrogen-bond donors (Lipinski definition) is 0. The van der Waals surface area contributed by atoms with E-state index < -0.39 is 0 Å². The molecule has 0 saturated carbocycles. The minimum Gasteiger partial charge on any atom is -1.00 e. The van der Waals surface area contributed by atoms with Gasteiger partial charge in [0.15, 0.2) is 0 Å². The Balaban J connectivity index is -0.000000180. The van der Waals surface area contributed by atoms with Crippen LogP contribution in [0, 0.1) is 0 Å². The molecule has 0 unspecified atom stereocenters. The second-order valence-corrected chi connectivity index (χ2v) is 2.60. The molecule has 0 spiro atoms. The Morgan fingerprint density at radius 1 is 1.11 bits per heavy atom. The second-order valence-electron chi connectivity index (χ2n) is 2.60. The molecule has 0 aliphatic heterocycles. The molecule has 2 N–H and O–H groups in total. The molecule has 0 bridgehead atoms. The third-order valence-corrected chi connectivity index (χ3v) is 0.596. The van der Waals surface area contributed by atoms with Gasteiger partial charge < -0.3 is 22.4 Å². The molecule has 9 heavy (non-hydrogen) atoms. The van der Waals surface area contributed by atoms with Gasteiger partial charge in [0.1, 0.15) is 0 Å². The molecule has 0 saturated heterocycles. The molecule has 0 aromatic carbocycles. The first kappa shape index (κ1) is 16.0. The van der Waals surface area contributed by atoms with E-state index in [9.17, 15) is 0 Å². The summed E-state index contributed by atoms with van der Waals surface area (Å²) in [6.45, 7) is 2.03. The maximum absolute atomic E-state index is 2.12. The van der Waals surface area contributed by atoms with Crippen molar-refractivity contribution in [2.24, 2.45) is 0 Å². The summed E-state index contributed by atoms with van der Waals surface area (Å²) in [5.74, 6) is 0. The summed E-state index contributed by atoms with van der Waals surface area (Å²) in [5.41, 5.74) is 0. The first-order valence-corrected chi connectivity index (χ1v) is 2.51. The van der Waals surface area contributed by atoms with Crippen molar-refractivity contribution in [3.63, 3.8) is 0 Å². The largest absolute Gasteiger partial charge is 1.00 e. The second kappa shape index (κ2) is 6.08. The van der Waals surface area contributed by atoms with Crippen LogP contribution >= 0.6 is 0 Å². The number of quaternary nitrogens is 1.